The minimum Gasteiger partial charge on any atom is -0.394 e. The maximum atomic E-state index is 11.9. The summed E-state index contributed by atoms with van der Waals surface area (Å²) in [6, 6.07) is 0. The van der Waals surface area contributed by atoms with E-state index in [0.29, 0.717) is 19.8 Å². The zero-order valence-electron chi connectivity index (χ0n) is 14.1. The summed E-state index contributed by atoms with van der Waals surface area (Å²) in [5, 5.41) is 36.6. The lowest BCUT2D eigenvalue weighted by molar-refractivity contribution is -0.0273. The summed E-state index contributed by atoms with van der Waals surface area (Å²) in [6.45, 7) is 2.31. The molecule has 0 bridgehead atoms. The van der Waals surface area contributed by atoms with Crippen LogP contribution in [0.25, 0.3) is 0 Å². The van der Waals surface area contributed by atoms with E-state index < -0.39 is 45.3 Å². The van der Waals surface area contributed by atoms with Crippen LogP contribution in [-0.2, 0) is 18.6 Å². The van der Waals surface area contributed by atoms with E-state index in [1.54, 1.807) is 0 Å². The Balaban J connectivity index is 4.17. The van der Waals surface area contributed by atoms with Crippen LogP contribution in [0.5, 0.6) is 0 Å². The fourth-order valence-electron chi connectivity index (χ4n) is 1.78. The molecule has 0 fully saturated rings. The Hall–Kier alpha value is -0.0900. The minimum atomic E-state index is -4.22. The molecule has 5 N–H and O–H groups in total. The van der Waals surface area contributed by atoms with Gasteiger partial charge in [0.25, 0.3) is 0 Å². The molecule has 9 nitrogen and oxygen atoms in total. The smallest absolute Gasteiger partial charge is 0.331 e. The molecule has 0 radical (unpaired) electrons. The molecule has 24 heavy (non-hydrogen) atoms. The van der Waals surface area contributed by atoms with Crippen LogP contribution >= 0.6 is 7.60 Å². The normalized spacial score (nSPS) is 18.1. The molecule has 0 saturated carbocycles. The number of aliphatic hydroxyl groups is 4. The highest BCUT2D eigenvalue weighted by atomic mass is 31.2. The van der Waals surface area contributed by atoms with Crippen molar-refractivity contribution in [3.05, 3.63) is 0 Å². The summed E-state index contributed by atoms with van der Waals surface area (Å²) in [7, 11) is -4.22. The lowest BCUT2D eigenvalue weighted by Gasteiger charge is -2.25. The van der Waals surface area contributed by atoms with Crippen molar-refractivity contribution in [1.82, 2.24) is 0 Å². The monoisotopic (exact) mass is 374 g/mol. The molecule has 0 aromatic rings. The SMILES string of the molecule is CCCCOCCOCCC(OP(=O)(O)CC(O)CO)C(O)CO. The Morgan fingerprint density at radius 2 is 1.62 bits per heavy atom. The van der Waals surface area contributed by atoms with Gasteiger partial charge in [-0.1, -0.05) is 13.3 Å². The van der Waals surface area contributed by atoms with Crippen LogP contribution in [0.2, 0.25) is 0 Å². The van der Waals surface area contributed by atoms with Gasteiger partial charge in [0.05, 0.1) is 44.8 Å². The molecule has 4 unspecified atom stereocenters. The standard InChI is InChI=1S/C14H31O9P/c1-2-3-5-21-7-8-22-6-4-14(13(18)10-16)23-24(19,20)11-12(17)9-15/h12-18H,2-11H2,1H3,(H,19,20). The Labute approximate surface area is 142 Å². The Morgan fingerprint density at radius 1 is 1.00 bits per heavy atom. The van der Waals surface area contributed by atoms with Crippen LogP contribution in [0.3, 0.4) is 0 Å². The summed E-state index contributed by atoms with van der Waals surface area (Å²) in [6.07, 6.45) is -2.45. The van der Waals surface area contributed by atoms with Gasteiger partial charge in [-0.15, -0.1) is 0 Å². The van der Waals surface area contributed by atoms with Crippen molar-refractivity contribution in [2.24, 2.45) is 0 Å². The van der Waals surface area contributed by atoms with Crippen molar-refractivity contribution in [1.29, 1.82) is 0 Å². The van der Waals surface area contributed by atoms with E-state index in [9.17, 15) is 19.7 Å². The second-order valence-electron chi connectivity index (χ2n) is 5.42. The van der Waals surface area contributed by atoms with Crippen LogP contribution in [-0.4, -0.2) is 89.4 Å². The maximum absolute atomic E-state index is 11.9. The van der Waals surface area contributed by atoms with Gasteiger partial charge in [0.2, 0.25) is 0 Å². The number of unbranched alkanes of at least 4 members (excludes halogenated alkanes) is 1. The summed E-state index contributed by atoms with van der Waals surface area (Å²) in [4.78, 5) is 9.66. The summed E-state index contributed by atoms with van der Waals surface area (Å²) in [5.74, 6) is 0. The Bertz CT molecular complexity index is 342. The van der Waals surface area contributed by atoms with Crippen molar-refractivity contribution >= 4 is 7.60 Å². The van der Waals surface area contributed by atoms with Gasteiger partial charge in [0.15, 0.2) is 0 Å². The molecule has 0 spiro atoms. The second kappa shape index (κ2) is 14.1. The van der Waals surface area contributed by atoms with E-state index in [1.165, 1.54) is 0 Å². The minimum absolute atomic E-state index is 0.0798. The summed E-state index contributed by atoms with van der Waals surface area (Å²) < 4.78 is 27.4. The molecule has 0 rings (SSSR count). The lowest BCUT2D eigenvalue weighted by Crippen LogP contribution is -2.33. The fourth-order valence-corrected chi connectivity index (χ4v) is 3.18. The molecule has 0 aliphatic rings. The van der Waals surface area contributed by atoms with Gasteiger partial charge in [-0.25, -0.2) is 0 Å². The maximum Gasteiger partial charge on any atom is 0.331 e. The quantitative estimate of drug-likeness (QED) is 0.178. The molecule has 0 aliphatic carbocycles. The molecule has 146 valence electrons. The summed E-state index contributed by atoms with van der Waals surface area (Å²) in [5.41, 5.74) is 0. The summed E-state index contributed by atoms with van der Waals surface area (Å²) >= 11 is 0. The highest BCUT2D eigenvalue weighted by Gasteiger charge is 2.31. The van der Waals surface area contributed by atoms with Gasteiger partial charge >= 0.3 is 7.60 Å². The molecule has 4 atom stereocenters. The number of aliphatic hydroxyl groups excluding tert-OH is 4. The van der Waals surface area contributed by atoms with E-state index in [1.807, 2.05) is 0 Å². The predicted molar refractivity (Wildman–Crippen MR) is 86.9 cm³/mol. The van der Waals surface area contributed by atoms with Crippen LogP contribution in [0.4, 0.5) is 0 Å². The van der Waals surface area contributed by atoms with E-state index in [0.717, 1.165) is 12.8 Å². The third-order valence-corrected chi connectivity index (χ3v) is 4.61. The number of hydrogen-bond acceptors (Lipinski definition) is 8. The Morgan fingerprint density at radius 3 is 2.17 bits per heavy atom. The first-order valence-corrected chi connectivity index (χ1v) is 9.86. The largest absolute Gasteiger partial charge is 0.394 e. The third kappa shape index (κ3) is 12.3. The van der Waals surface area contributed by atoms with E-state index >= 15 is 0 Å². The van der Waals surface area contributed by atoms with Gasteiger partial charge in [-0.2, -0.15) is 0 Å². The molecule has 0 aliphatic heterocycles. The molecule has 0 aromatic heterocycles. The molecular formula is C14H31O9P. The first-order valence-electron chi connectivity index (χ1n) is 8.09. The fraction of sp³-hybridized carbons (Fsp3) is 1.00. The number of hydrogen-bond donors (Lipinski definition) is 5. The van der Waals surface area contributed by atoms with Crippen molar-refractivity contribution in [2.45, 2.75) is 44.5 Å². The van der Waals surface area contributed by atoms with Crippen LogP contribution in [0.15, 0.2) is 0 Å². The highest BCUT2D eigenvalue weighted by Crippen LogP contribution is 2.44. The Kier molecular flexibility index (Phi) is 14.1. The topological polar surface area (TPSA) is 146 Å². The van der Waals surface area contributed by atoms with Gasteiger partial charge in [-0.05, 0) is 6.42 Å². The highest BCUT2D eigenvalue weighted by molar-refractivity contribution is 7.52. The molecule has 0 aromatic carbocycles. The average Bonchev–Trinajstić information content (AvgIpc) is 2.54. The first-order chi connectivity index (χ1) is 11.4. The van der Waals surface area contributed by atoms with Gasteiger partial charge in [0.1, 0.15) is 6.10 Å². The zero-order valence-corrected chi connectivity index (χ0v) is 15.0. The van der Waals surface area contributed by atoms with Crippen molar-refractivity contribution in [3.8, 4) is 0 Å². The van der Waals surface area contributed by atoms with Crippen molar-refractivity contribution < 1.29 is 43.9 Å². The average molecular weight is 374 g/mol. The van der Waals surface area contributed by atoms with Crippen LogP contribution in [0, 0.1) is 0 Å². The second-order valence-corrected chi connectivity index (χ2v) is 7.27. The van der Waals surface area contributed by atoms with E-state index in [4.69, 9.17) is 24.2 Å². The van der Waals surface area contributed by atoms with E-state index in [-0.39, 0.29) is 13.0 Å². The predicted octanol–water partition coefficient (Wildman–Crippen LogP) is -0.513. The van der Waals surface area contributed by atoms with Gasteiger partial charge < -0.3 is 39.3 Å². The molecule has 0 amide bonds. The molecule has 10 heteroatoms. The molecule has 0 heterocycles. The number of rotatable bonds is 16. The van der Waals surface area contributed by atoms with Crippen LogP contribution in [0.1, 0.15) is 26.2 Å². The lowest BCUT2D eigenvalue weighted by atomic mass is 10.1. The van der Waals surface area contributed by atoms with Crippen LogP contribution < -0.4 is 0 Å². The first kappa shape index (κ1) is 23.9. The number of ether oxygens (including phenoxy) is 2. The molecule has 0 saturated heterocycles. The third-order valence-electron chi connectivity index (χ3n) is 3.13. The zero-order chi connectivity index (χ0) is 18.4. The van der Waals surface area contributed by atoms with Gasteiger partial charge in [-0.3, -0.25) is 4.57 Å². The van der Waals surface area contributed by atoms with E-state index in [2.05, 4.69) is 6.92 Å². The molecular weight excluding hydrogens is 343 g/mol. The van der Waals surface area contributed by atoms with Gasteiger partial charge in [0, 0.05) is 19.6 Å². The van der Waals surface area contributed by atoms with Crippen molar-refractivity contribution in [3.63, 3.8) is 0 Å². The van der Waals surface area contributed by atoms with Crippen molar-refractivity contribution in [2.75, 3.05) is 45.8 Å².